The zero-order valence-electron chi connectivity index (χ0n) is 34.3. The van der Waals surface area contributed by atoms with E-state index in [0.29, 0.717) is 30.2 Å². The fraction of sp³-hybridized carbons (Fsp3) is 1.00. The molecule has 3 heterocycles. The number of hydrogen-bond donors (Lipinski definition) is 2. The van der Waals surface area contributed by atoms with E-state index < -0.39 is 61.4 Å². The van der Waals surface area contributed by atoms with Crippen LogP contribution in [0.1, 0.15) is 117 Å². The highest BCUT2D eigenvalue weighted by molar-refractivity contribution is 6.99. The molecule has 50 heavy (non-hydrogen) atoms. The number of fused-ring (bicyclic) bond motifs is 3. The van der Waals surface area contributed by atoms with E-state index in [-0.39, 0.29) is 59.1 Å². The van der Waals surface area contributed by atoms with Gasteiger partial charge in [-0.2, -0.15) is 0 Å². The van der Waals surface area contributed by atoms with Gasteiger partial charge in [-0.25, -0.2) is 0 Å². The fourth-order valence-corrected chi connectivity index (χ4v) is 49.2. The fourth-order valence-electron chi connectivity index (χ4n) is 7.59. The quantitative estimate of drug-likeness (QED) is 0.145. The van der Waals surface area contributed by atoms with Crippen molar-refractivity contribution in [1.82, 2.24) is 0 Å². The molecule has 0 saturated carbocycles. The maximum Gasteiger partial charge on any atom is 0.483 e. The largest absolute Gasteiger partial charge is 0.483 e. The van der Waals surface area contributed by atoms with Crippen molar-refractivity contribution < 1.29 is 46.6 Å². The van der Waals surface area contributed by atoms with Gasteiger partial charge in [-0.3, -0.25) is 0 Å². The Hall–Kier alpha value is 1.08. The van der Waals surface area contributed by atoms with Gasteiger partial charge in [0, 0.05) is 36.3 Å². The Bertz CT molecular complexity index is 1050. The minimum Gasteiger partial charge on any atom is -0.394 e. The maximum atomic E-state index is 12.9. The molecule has 11 nitrogen and oxygen atoms in total. The normalized spacial score (nSPS) is 39.1. The lowest BCUT2D eigenvalue weighted by Crippen LogP contribution is -2.83. The van der Waals surface area contributed by atoms with Crippen molar-refractivity contribution in [2.24, 2.45) is 41.4 Å². The smallest absolute Gasteiger partial charge is 0.394 e. The molecular weight excluding hydrogens is 757 g/mol. The van der Waals surface area contributed by atoms with E-state index >= 15 is 0 Å². The summed E-state index contributed by atoms with van der Waals surface area (Å²) in [5, 5.41) is 0. The Morgan fingerprint density at radius 1 is 0.340 bits per heavy atom. The van der Waals surface area contributed by atoms with Gasteiger partial charge in [0.1, 0.15) is 0 Å². The van der Waals surface area contributed by atoms with Crippen molar-refractivity contribution in [2.75, 3.05) is 0 Å². The second-order valence-corrected chi connectivity index (χ2v) is 39.5. The van der Waals surface area contributed by atoms with Gasteiger partial charge in [0.25, 0.3) is 0 Å². The van der Waals surface area contributed by atoms with Gasteiger partial charge >= 0.3 is 61.4 Å². The van der Waals surface area contributed by atoms with Crippen molar-refractivity contribution in [3.63, 3.8) is 0 Å². The average Bonchev–Trinajstić information content (AvgIpc) is 2.81. The van der Waals surface area contributed by atoms with Crippen LogP contribution in [0.5, 0.6) is 0 Å². The van der Waals surface area contributed by atoms with E-state index in [2.05, 4.69) is 83.1 Å². The Kier molecular flexibility index (Phi) is 15.5. The topological polar surface area (TPSA) is 124 Å². The molecule has 4 bridgehead atoms. The second-order valence-electron chi connectivity index (χ2n) is 18.4. The van der Waals surface area contributed by atoms with E-state index in [0.717, 1.165) is 6.42 Å². The van der Waals surface area contributed by atoms with Crippen LogP contribution in [0.15, 0.2) is 0 Å². The summed E-state index contributed by atoms with van der Waals surface area (Å²) in [5.74, 6) is 0.584. The highest BCUT2D eigenvalue weighted by Crippen LogP contribution is 2.52. The van der Waals surface area contributed by atoms with E-state index in [1.54, 1.807) is 0 Å². The van der Waals surface area contributed by atoms with Crippen LogP contribution in [0.25, 0.3) is 0 Å². The molecule has 0 amide bonds. The van der Waals surface area contributed by atoms with E-state index in [1.165, 1.54) is 0 Å². The Balaban J connectivity index is 2.60. The molecule has 3 aliphatic heterocycles. The molecule has 5 unspecified atom stereocenters. The third-order valence-corrected chi connectivity index (χ3v) is 42.9. The third kappa shape index (κ3) is 11.8. The van der Waals surface area contributed by atoms with Crippen LogP contribution >= 0.6 is 0 Å². The van der Waals surface area contributed by atoms with Crippen molar-refractivity contribution in [3.8, 4) is 0 Å². The molecule has 296 valence electrons. The van der Waals surface area contributed by atoms with Crippen LogP contribution in [0.3, 0.4) is 0 Å². The summed E-state index contributed by atoms with van der Waals surface area (Å²) in [4.78, 5) is 25.8. The summed E-state index contributed by atoms with van der Waals surface area (Å²) >= 11 is 0. The molecule has 2 N–H and O–H groups in total. The third-order valence-electron chi connectivity index (χ3n) is 8.87. The maximum absolute atomic E-state index is 12.9. The summed E-state index contributed by atoms with van der Waals surface area (Å²) in [5.41, 5.74) is -0.00982. The lowest BCUT2D eigenvalue weighted by Gasteiger charge is -2.59. The summed E-state index contributed by atoms with van der Waals surface area (Å²) in [7, 11) is -27.7. The SMILES string of the molecule is CCC(C)[Si]1(CC(C)C)O[Si]2(CC(C)C)O[Si](O)(CC(C)C)O[Si]3(CC(C)C)O[Si](O)(CC(C)C)O[Si](CC(C)C)(O[Si](CC(C)C)(O3)O2)O1. The summed E-state index contributed by atoms with van der Waals surface area (Å²) in [6, 6.07) is 2.81. The lowest BCUT2D eigenvalue weighted by atomic mass is 10.3. The van der Waals surface area contributed by atoms with Crippen molar-refractivity contribution in [1.29, 1.82) is 0 Å². The highest BCUT2D eigenvalue weighted by Gasteiger charge is 2.77. The predicted molar refractivity (Wildman–Crippen MR) is 212 cm³/mol. The van der Waals surface area contributed by atoms with Crippen molar-refractivity contribution >= 4 is 61.4 Å². The van der Waals surface area contributed by atoms with Gasteiger partial charge in [0.2, 0.25) is 0 Å². The molecule has 0 aromatic heterocycles. The van der Waals surface area contributed by atoms with E-state index in [9.17, 15) is 9.59 Å². The van der Waals surface area contributed by atoms with Gasteiger partial charge < -0.3 is 46.6 Å². The van der Waals surface area contributed by atoms with Gasteiger partial charge in [-0.15, -0.1) is 0 Å². The molecule has 0 spiro atoms. The first kappa shape index (κ1) is 45.5. The van der Waals surface area contributed by atoms with Crippen LogP contribution in [0.2, 0.25) is 47.8 Å². The molecule has 0 aromatic rings. The summed E-state index contributed by atoms with van der Waals surface area (Å²) < 4.78 is 66.9. The standard InChI is InChI=1S/C32H74O11Si7/c1-17-32(16)44(18-25(2)3)35-47(21-28(8)9)37-45(33,19-26(4)5)39-49(23-30(12)13)40-46(34,20-27(6)7)38-48(36-44,22-29(10)11)42-50(41-47,43-49)24-31(14)15/h25-34H,17-24H2,1-16H3. The number of hydrogen-bond acceptors (Lipinski definition) is 11. The van der Waals surface area contributed by atoms with Crippen LogP contribution in [0, 0.1) is 41.4 Å². The lowest BCUT2D eigenvalue weighted by molar-refractivity contribution is 0.0119. The Morgan fingerprint density at radius 3 is 0.820 bits per heavy atom. The van der Waals surface area contributed by atoms with Crippen LogP contribution in [0.4, 0.5) is 0 Å². The zero-order valence-corrected chi connectivity index (χ0v) is 41.3. The summed E-state index contributed by atoms with van der Waals surface area (Å²) in [6.45, 7) is 33.8. The Labute approximate surface area is 313 Å². The molecule has 0 radical (unpaired) electrons. The molecule has 3 aliphatic rings. The first-order valence-corrected chi connectivity index (χ1v) is 33.3. The molecule has 3 rings (SSSR count). The predicted octanol–water partition coefficient (Wildman–Crippen LogP) is 8.63. The van der Waals surface area contributed by atoms with E-state index in [4.69, 9.17) is 37.0 Å². The molecule has 0 aromatic carbocycles. The van der Waals surface area contributed by atoms with Gasteiger partial charge in [-0.1, -0.05) is 117 Å². The highest BCUT2D eigenvalue weighted by atomic mass is 28.6. The zero-order chi connectivity index (χ0) is 38.1. The van der Waals surface area contributed by atoms with E-state index in [1.807, 2.05) is 27.7 Å². The first-order chi connectivity index (χ1) is 22.8. The van der Waals surface area contributed by atoms with Crippen LogP contribution in [-0.2, 0) is 37.0 Å². The molecular formula is C32H74O11Si7. The molecule has 3 saturated heterocycles. The summed E-state index contributed by atoms with van der Waals surface area (Å²) in [6.07, 6.45) is 0.793. The molecule has 0 aliphatic carbocycles. The minimum atomic E-state index is -4.21. The van der Waals surface area contributed by atoms with Crippen molar-refractivity contribution in [3.05, 3.63) is 0 Å². The number of rotatable bonds is 16. The Morgan fingerprint density at radius 2 is 0.580 bits per heavy atom. The minimum absolute atomic E-state index is 0.00982. The molecule has 18 heteroatoms. The molecule has 5 atom stereocenters. The van der Waals surface area contributed by atoms with Gasteiger partial charge in [0.05, 0.1) is 0 Å². The van der Waals surface area contributed by atoms with Crippen LogP contribution in [-0.4, -0.2) is 71.0 Å². The second kappa shape index (κ2) is 17.1. The van der Waals surface area contributed by atoms with Crippen LogP contribution < -0.4 is 0 Å². The van der Waals surface area contributed by atoms with Gasteiger partial charge in [-0.05, 0) is 53.0 Å². The monoisotopic (exact) mass is 830 g/mol. The average molecular weight is 832 g/mol. The first-order valence-electron chi connectivity index (χ1n) is 19.5. The van der Waals surface area contributed by atoms with Crippen molar-refractivity contribution in [2.45, 2.75) is 165 Å². The van der Waals surface area contributed by atoms with Gasteiger partial charge in [0.15, 0.2) is 0 Å². The molecule has 3 fully saturated rings.